The van der Waals surface area contributed by atoms with Gasteiger partial charge in [-0.3, -0.25) is 9.78 Å². The zero-order chi connectivity index (χ0) is 20.9. The Morgan fingerprint density at radius 2 is 1.90 bits per heavy atom. The lowest BCUT2D eigenvalue weighted by Crippen LogP contribution is -2.45. The molecule has 1 aliphatic carbocycles. The molecular formula is C23H35N3O3. The van der Waals surface area contributed by atoms with E-state index in [1.165, 1.54) is 24.1 Å². The zero-order valence-corrected chi connectivity index (χ0v) is 18.1. The van der Waals surface area contributed by atoms with Crippen LogP contribution in [0.25, 0.3) is 0 Å². The molecule has 1 aromatic rings. The number of carbonyl (C=O) groups excluding carboxylic acids is 2. The lowest BCUT2D eigenvalue weighted by atomic mass is 9.95. The first kappa shape index (κ1) is 21.6. The van der Waals surface area contributed by atoms with E-state index >= 15 is 0 Å². The minimum absolute atomic E-state index is 0.0180. The maximum absolute atomic E-state index is 12.4. The molecular weight excluding hydrogens is 366 g/mol. The summed E-state index contributed by atoms with van der Waals surface area (Å²) in [7, 11) is 0. The fraction of sp³-hybridized carbons (Fsp3) is 0.696. The van der Waals surface area contributed by atoms with E-state index in [1.54, 1.807) is 4.90 Å². The molecule has 1 N–H and O–H groups in total. The quantitative estimate of drug-likeness (QED) is 0.765. The van der Waals surface area contributed by atoms with Crippen LogP contribution in [0.5, 0.6) is 0 Å². The summed E-state index contributed by atoms with van der Waals surface area (Å²) in [5.41, 5.74) is 3.32. The standard InChI is InChI=1S/C23H35N3O3/c1-23(2,3)29-22(28)26-15-12-18(13-16-26)21(27)24-14-6-8-19-11-10-17-7-4-5-9-20(17)25-19/h10-11,18H,4-9,12-16H2,1-3H3,(H,24,27). The molecule has 0 aromatic carbocycles. The van der Waals surface area contributed by atoms with Gasteiger partial charge in [-0.05, 0) is 83.8 Å². The molecule has 0 unspecified atom stereocenters. The van der Waals surface area contributed by atoms with E-state index in [9.17, 15) is 9.59 Å². The van der Waals surface area contributed by atoms with Gasteiger partial charge >= 0.3 is 6.09 Å². The summed E-state index contributed by atoms with van der Waals surface area (Å²) in [6.45, 7) is 7.42. The Morgan fingerprint density at radius 1 is 1.17 bits per heavy atom. The van der Waals surface area contributed by atoms with Crippen LogP contribution in [0, 0.1) is 5.92 Å². The van der Waals surface area contributed by atoms with Crippen LogP contribution in [-0.4, -0.2) is 47.1 Å². The third-order valence-electron chi connectivity index (χ3n) is 5.66. The highest BCUT2D eigenvalue weighted by Gasteiger charge is 2.29. The number of nitrogens with one attached hydrogen (secondary N) is 1. The topological polar surface area (TPSA) is 71.5 Å². The maximum Gasteiger partial charge on any atom is 0.410 e. The average molecular weight is 402 g/mol. The molecule has 160 valence electrons. The molecule has 0 atom stereocenters. The van der Waals surface area contributed by atoms with E-state index in [0.717, 1.165) is 31.4 Å². The monoisotopic (exact) mass is 401 g/mol. The molecule has 1 aliphatic heterocycles. The lowest BCUT2D eigenvalue weighted by molar-refractivity contribution is -0.126. The minimum atomic E-state index is -0.488. The second-order valence-electron chi connectivity index (χ2n) is 9.25. The maximum atomic E-state index is 12.4. The number of hydrogen-bond acceptors (Lipinski definition) is 4. The number of fused-ring (bicyclic) bond motifs is 1. The molecule has 0 spiro atoms. The van der Waals surface area contributed by atoms with Crippen LogP contribution in [0.15, 0.2) is 12.1 Å². The zero-order valence-electron chi connectivity index (χ0n) is 18.1. The third kappa shape index (κ3) is 6.44. The summed E-state index contributed by atoms with van der Waals surface area (Å²) in [5, 5.41) is 3.07. The number of carbonyl (C=O) groups is 2. The molecule has 6 heteroatoms. The van der Waals surface area contributed by atoms with Crippen molar-refractivity contribution in [3.05, 3.63) is 29.1 Å². The molecule has 3 rings (SSSR count). The van der Waals surface area contributed by atoms with E-state index in [1.807, 2.05) is 20.8 Å². The molecule has 2 aliphatic rings. The van der Waals surface area contributed by atoms with Crippen molar-refractivity contribution in [3.63, 3.8) is 0 Å². The van der Waals surface area contributed by atoms with Crippen molar-refractivity contribution in [2.24, 2.45) is 5.92 Å². The first-order valence-electron chi connectivity index (χ1n) is 11.0. The fourth-order valence-electron chi connectivity index (χ4n) is 4.04. The van der Waals surface area contributed by atoms with Gasteiger partial charge in [0.25, 0.3) is 0 Å². The third-order valence-corrected chi connectivity index (χ3v) is 5.66. The number of nitrogens with zero attached hydrogens (tertiary/aromatic N) is 2. The van der Waals surface area contributed by atoms with Crippen LogP contribution >= 0.6 is 0 Å². The normalized spacial score (nSPS) is 17.6. The van der Waals surface area contributed by atoms with Crippen LogP contribution in [0.1, 0.15) is 69.8 Å². The summed E-state index contributed by atoms with van der Waals surface area (Å²) in [6.07, 6.45) is 7.67. The average Bonchev–Trinajstić information content (AvgIpc) is 2.70. The molecule has 0 radical (unpaired) electrons. The summed E-state index contributed by atoms with van der Waals surface area (Å²) in [5.74, 6) is 0.0859. The van der Waals surface area contributed by atoms with Gasteiger partial charge in [0.05, 0.1) is 0 Å². The Bertz CT molecular complexity index is 719. The molecule has 2 amide bonds. The Balaban J connectivity index is 1.35. The lowest BCUT2D eigenvalue weighted by Gasteiger charge is -2.32. The van der Waals surface area contributed by atoms with Gasteiger partial charge in [-0.1, -0.05) is 6.07 Å². The van der Waals surface area contributed by atoms with Gasteiger partial charge in [0.1, 0.15) is 5.60 Å². The van der Waals surface area contributed by atoms with Gasteiger partial charge in [0.2, 0.25) is 5.91 Å². The van der Waals surface area contributed by atoms with Crippen molar-refractivity contribution in [1.82, 2.24) is 15.2 Å². The smallest absolute Gasteiger partial charge is 0.410 e. The Labute approximate surface area is 174 Å². The van der Waals surface area contributed by atoms with Crippen LogP contribution in [0.4, 0.5) is 4.79 Å². The number of piperidine rings is 1. The Hall–Kier alpha value is -2.11. The largest absolute Gasteiger partial charge is 0.444 e. The predicted molar refractivity (Wildman–Crippen MR) is 113 cm³/mol. The number of hydrogen-bond donors (Lipinski definition) is 1. The Kier molecular flexibility index (Phi) is 7.14. The first-order valence-corrected chi connectivity index (χ1v) is 11.0. The molecule has 0 saturated carbocycles. The van der Waals surface area contributed by atoms with E-state index in [2.05, 4.69) is 17.4 Å². The van der Waals surface area contributed by atoms with E-state index in [4.69, 9.17) is 9.72 Å². The minimum Gasteiger partial charge on any atom is -0.444 e. The van der Waals surface area contributed by atoms with Crippen molar-refractivity contribution < 1.29 is 14.3 Å². The number of ether oxygens (including phenoxy) is 1. The highest BCUT2D eigenvalue weighted by Crippen LogP contribution is 2.21. The predicted octanol–water partition coefficient (Wildman–Crippen LogP) is 3.66. The second kappa shape index (κ2) is 9.59. The van der Waals surface area contributed by atoms with Crippen molar-refractivity contribution >= 4 is 12.0 Å². The van der Waals surface area contributed by atoms with Crippen molar-refractivity contribution in [2.75, 3.05) is 19.6 Å². The SMILES string of the molecule is CC(C)(C)OC(=O)N1CCC(C(=O)NCCCc2ccc3c(n2)CCCC3)CC1. The van der Waals surface area contributed by atoms with Gasteiger partial charge in [0.15, 0.2) is 0 Å². The highest BCUT2D eigenvalue weighted by atomic mass is 16.6. The number of rotatable bonds is 5. The van der Waals surface area contributed by atoms with Gasteiger partial charge in [0, 0.05) is 36.9 Å². The van der Waals surface area contributed by atoms with Gasteiger partial charge in [-0.2, -0.15) is 0 Å². The van der Waals surface area contributed by atoms with E-state index in [-0.39, 0.29) is 17.9 Å². The van der Waals surface area contributed by atoms with Crippen LogP contribution in [-0.2, 0) is 28.8 Å². The Morgan fingerprint density at radius 3 is 2.62 bits per heavy atom. The molecule has 6 nitrogen and oxygen atoms in total. The van der Waals surface area contributed by atoms with Crippen molar-refractivity contribution in [3.8, 4) is 0 Å². The summed E-state index contributed by atoms with van der Waals surface area (Å²) < 4.78 is 5.41. The number of amides is 2. The number of likely N-dealkylation sites (tertiary alicyclic amines) is 1. The summed E-state index contributed by atoms with van der Waals surface area (Å²) >= 11 is 0. The summed E-state index contributed by atoms with van der Waals surface area (Å²) in [4.78, 5) is 31.1. The fourth-order valence-corrected chi connectivity index (χ4v) is 4.04. The van der Waals surface area contributed by atoms with Crippen molar-refractivity contribution in [1.29, 1.82) is 0 Å². The molecule has 29 heavy (non-hydrogen) atoms. The molecule has 1 fully saturated rings. The molecule has 0 bridgehead atoms. The van der Waals surface area contributed by atoms with Crippen molar-refractivity contribution in [2.45, 2.75) is 77.7 Å². The number of pyridine rings is 1. The van der Waals surface area contributed by atoms with E-state index < -0.39 is 5.60 Å². The van der Waals surface area contributed by atoms with Crippen LogP contribution in [0.2, 0.25) is 0 Å². The molecule has 1 aromatic heterocycles. The highest BCUT2D eigenvalue weighted by molar-refractivity contribution is 5.79. The number of aryl methyl sites for hydroxylation is 3. The number of aromatic nitrogens is 1. The van der Waals surface area contributed by atoms with Crippen LogP contribution < -0.4 is 5.32 Å². The van der Waals surface area contributed by atoms with Gasteiger partial charge in [-0.25, -0.2) is 4.79 Å². The molecule has 2 heterocycles. The molecule has 1 saturated heterocycles. The van der Waals surface area contributed by atoms with Crippen LogP contribution in [0.3, 0.4) is 0 Å². The van der Waals surface area contributed by atoms with E-state index in [0.29, 0.717) is 32.5 Å². The van der Waals surface area contributed by atoms with Gasteiger partial charge < -0.3 is 15.0 Å². The summed E-state index contributed by atoms with van der Waals surface area (Å²) in [6, 6.07) is 4.37. The van der Waals surface area contributed by atoms with Gasteiger partial charge in [-0.15, -0.1) is 0 Å². The first-order chi connectivity index (χ1) is 13.8. The second-order valence-corrected chi connectivity index (χ2v) is 9.25.